The van der Waals surface area contributed by atoms with Crippen LogP contribution < -0.4 is 5.32 Å². The number of unbranched alkanes of at least 4 members (excludes halogenated alkanes) is 3. The summed E-state index contributed by atoms with van der Waals surface area (Å²) in [7, 11) is 0. The minimum absolute atomic E-state index is 0.0303. The number of hydrogen-bond donors (Lipinski definition) is 4. The summed E-state index contributed by atoms with van der Waals surface area (Å²) in [6, 6.07) is 0. The van der Waals surface area contributed by atoms with Gasteiger partial charge in [-0.3, -0.25) is 9.59 Å². The highest BCUT2D eigenvalue weighted by Crippen LogP contribution is 2.33. The zero-order valence-electron chi connectivity index (χ0n) is 18.1. The highest BCUT2D eigenvalue weighted by molar-refractivity contribution is 5.84. The molecule has 0 aromatic heterocycles. The molecule has 0 heterocycles. The number of Topliss-reactive ketones (excluding diaryl/α,β-unsaturated/α-hetero) is 1. The number of aliphatic hydroxyl groups excluding tert-OH is 3. The van der Waals surface area contributed by atoms with Crippen molar-refractivity contribution in [2.24, 2.45) is 17.0 Å². The van der Waals surface area contributed by atoms with Crippen LogP contribution >= 0.6 is 0 Å². The van der Waals surface area contributed by atoms with E-state index < -0.39 is 12.2 Å². The topological polar surface area (TPSA) is 156 Å². The maximum absolute atomic E-state index is 12.2. The fourth-order valence-corrected chi connectivity index (χ4v) is 3.66. The lowest BCUT2D eigenvalue weighted by atomic mass is 9.90. The van der Waals surface area contributed by atoms with Crippen molar-refractivity contribution in [2.45, 2.75) is 70.0 Å². The summed E-state index contributed by atoms with van der Waals surface area (Å²) in [6.45, 7) is 0.658. The molecule has 1 aliphatic carbocycles. The first kappa shape index (κ1) is 26.8. The van der Waals surface area contributed by atoms with Crippen molar-refractivity contribution in [2.75, 3.05) is 19.7 Å². The van der Waals surface area contributed by atoms with Crippen molar-refractivity contribution < 1.29 is 24.9 Å². The molecule has 0 unspecified atom stereocenters. The Morgan fingerprint density at radius 1 is 1.29 bits per heavy atom. The van der Waals surface area contributed by atoms with E-state index in [1.54, 1.807) is 12.2 Å². The second-order valence-corrected chi connectivity index (χ2v) is 7.85. The summed E-state index contributed by atoms with van der Waals surface area (Å²) in [5.41, 5.74) is 8.22. The highest BCUT2D eigenvalue weighted by Gasteiger charge is 2.39. The molecule has 0 spiro atoms. The maximum atomic E-state index is 12.2. The van der Waals surface area contributed by atoms with Gasteiger partial charge in [-0.25, -0.2) is 0 Å². The van der Waals surface area contributed by atoms with Gasteiger partial charge in [0.15, 0.2) is 0 Å². The molecule has 31 heavy (non-hydrogen) atoms. The van der Waals surface area contributed by atoms with E-state index in [1.807, 2.05) is 12.2 Å². The third kappa shape index (κ3) is 11.7. The molecule has 1 rings (SSSR count). The lowest BCUT2D eigenvalue weighted by Crippen LogP contribution is -2.25. The van der Waals surface area contributed by atoms with Gasteiger partial charge in [0.2, 0.25) is 5.91 Å². The number of carbonyl (C=O) groups is 2. The Balaban J connectivity index is 2.37. The fourth-order valence-electron chi connectivity index (χ4n) is 3.66. The summed E-state index contributed by atoms with van der Waals surface area (Å²) in [5.74, 6) is -0.661. The number of azide groups is 1. The smallest absolute Gasteiger partial charge is 0.220 e. The van der Waals surface area contributed by atoms with Gasteiger partial charge in [0.05, 0.1) is 18.8 Å². The Kier molecular flexibility index (Phi) is 14.3. The quantitative estimate of drug-likeness (QED) is 0.0962. The molecular formula is C22H36N4O5. The molecule has 9 heteroatoms. The number of nitrogens with one attached hydrogen (secondary N) is 1. The summed E-state index contributed by atoms with van der Waals surface area (Å²) in [6.07, 6.45) is 11.4. The number of hydrogen-bond acceptors (Lipinski definition) is 6. The Labute approximate surface area is 183 Å². The van der Waals surface area contributed by atoms with Crippen molar-refractivity contribution in [1.29, 1.82) is 0 Å². The Morgan fingerprint density at radius 3 is 2.84 bits per heavy atom. The van der Waals surface area contributed by atoms with Crippen LogP contribution in [0.3, 0.4) is 0 Å². The summed E-state index contributed by atoms with van der Waals surface area (Å²) in [5, 5.41) is 35.1. The molecule has 4 N–H and O–H groups in total. The van der Waals surface area contributed by atoms with Crippen LogP contribution in [0.5, 0.6) is 0 Å². The minimum Gasteiger partial charge on any atom is -0.395 e. The molecule has 174 valence electrons. The molecule has 0 saturated heterocycles. The van der Waals surface area contributed by atoms with E-state index in [0.717, 1.165) is 25.7 Å². The predicted molar refractivity (Wildman–Crippen MR) is 118 cm³/mol. The Hall–Kier alpha value is -2.19. The zero-order chi connectivity index (χ0) is 22.9. The molecule has 9 nitrogen and oxygen atoms in total. The number of allylic oxidation sites excluding steroid dienone is 2. The van der Waals surface area contributed by atoms with Crippen molar-refractivity contribution >= 4 is 11.7 Å². The molecule has 1 fully saturated rings. The largest absolute Gasteiger partial charge is 0.395 e. The van der Waals surface area contributed by atoms with Crippen LogP contribution in [-0.4, -0.2) is 58.9 Å². The molecule has 1 saturated carbocycles. The normalized spacial score (nSPS) is 22.2. The molecule has 1 amide bonds. The van der Waals surface area contributed by atoms with Crippen LogP contribution in [0.2, 0.25) is 0 Å². The SMILES string of the molecule is [N-]=[N+]=NCCCCC[C@@H](O)/C=C/[C@H]1[C@H](O)CC(=O)[C@@H]1C/C=C\CCCC(=O)NCCO. The molecule has 0 bridgehead atoms. The minimum atomic E-state index is -0.728. The van der Waals surface area contributed by atoms with Gasteiger partial charge in [0.1, 0.15) is 5.78 Å². The second kappa shape index (κ2) is 16.5. The lowest BCUT2D eigenvalue weighted by Gasteiger charge is -2.16. The number of amides is 1. The van der Waals surface area contributed by atoms with E-state index in [9.17, 15) is 19.8 Å². The predicted octanol–water partition coefficient (Wildman–Crippen LogP) is 2.57. The molecule has 0 aromatic carbocycles. The van der Waals surface area contributed by atoms with E-state index >= 15 is 0 Å². The Bertz CT molecular complexity index is 646. The number of nitrogens with zero attached hydrogens (tertiary/aromatic N) is 3. The monoisotopic (exact) mass is 436 g/mol. The standard InChI is InChI=1S/C22H36N4O5/c23-26-25-13-7-3-4-8-17(28)11-12-19-18(20(29)16-21(19)30)9-5-1-2-6-10-22(31)24-14-15-27/h1,5,11-12,17-19,21,27-28,30H,2-4,6-10,13-16H2,(H,24,31)/b5-1-,12-11+/t17-,18-,19-,21-/m1/s1. The van der Waals surface area contributed by atoms with E-state index in [1.165, 1.54) is 0 Å². The molecule has 0 aliphatic heterocycles. The van der Waals surface area contributed by atoms with E-state index in [0.29, 0.717) is 32.2 Å². The van der Waals surface area contributed by atoms with Gasteiger partial charge in [-0.05, 0) is 37.6 Å². The first-order valence-corrected chi connectivity index (χ1v) is 11.1. The van der Waals surface area contributed by atoms with Gasteiger partial charge in [-0.2, -0.15) is 0 Å². The van der Waals surface area contributed by atoms with Crippen LogP contribution in [-0.2, 0) is 9.59 Å². The van der Waals surface area contributed by atoms with Crippen molar-refractivity contribution in [1.82, 2.24) is 5.32 Å². The van der Waals surface area contributed by atoms with Crippen molar-refractivity contribution in [3.05, 3.63) is 34.7 Å². The molecule has 1 aliphatic rings. The average Bonchev–Trinajstić information content (AvgIpc) is 3.02. The number of aliphatic hydroxyl groups is 3. The van der Waals surface area contributed by atoms with E-state index in [-0.39, 0.29) is 43.1 Å². The van der Waals surface area contributed by atoms with Crippen LogP contribution in [0.1, 0.15) is 57.8 Å². The summed E-state index contributed by atoms with van der Waals surface area (Å²) < 4.78 is 0. The first-order valence-electron chi connectivity index (χ1n) is 11.1. The maximum Gasteiger partial charge on any atom is 0.220 e. The summed E-state index contributed by atoms with van der Waals surface area (Å²) in [4.78, 5) is 26.4. The number of ketones is 1. The van der Waals surface area contributed by atoms with Gasteiger partial charge in [0, 0.05) is 42.7 Å². The summed E-state index contributed by atoms with van der Waals surface area (Å²) >= 11 is 0. The molecule has 4 atom stereocenters. The molecular weight excluding hydrogens is 400 g/mol. The van der Waals surface area contributed by atoms with Crippen LogP contribution in [0.25, 0.3) is 10.4 Å². The average molecular weight is 437 g/mol. The van der Waals surface area contributed by atoms with Crippen LogP contribution in [0, 0.1) is 11.8 Å². The van der Waals surface area contributed by atoms with Gasteiger partial charge in [0.25, 0.3) is 0 Å². The third-order valence-corrected chi connectivity index (χ3v) is 5.37. The van der Waals surface area contributed by atoms with Crippen molar-refractivity contribution in [3.8, 4) is 0 Å². The number of rotatable bonds is 16. The van der Waals surface area contributed by atoms with Gasteiger partial charge < -0.3 is 20.6 Å². The lowest BCUT2D eigenvalue weighted by molar-refractivity contribution is -0.122. The fraction of sp³-hybridized carbons (Fsp3) is 0.727. The van der Waals surface area contributed by atoms with Crippen molar-refractivity contribution in [3.63, 3.8) is 0 Å². The highest BCUT2D eigenvalue weighted by atomic mass is 16.3. The van der Waals surface area contributed by atoms with E-state index in [2.05, 4.69) is 15.3 Å². The van der Waals surface area contributed by atoms with Gasteiger partial charge in [-0.15, -0.1) is 0 Å². The molecule has 0 radical (unpaired) electrons. The molecule has 0 aromatic rings. The zero-order valence-corrected chi connectivity index (χ0v) is 18.1. The second-order valence-electron chi connectivity index (χ2n) is 7.85. The Morgan fingerprint density at radius 2 is 2.10 bits per heavy atom. The first-order chi connectivity index (χ1) is 15.0. The van der Waals surface area contributed by atoms with Gasteiger partial charge in [-0.1, -0.05) is 42.3 Å². The van der Waals surface area contributed by atoms with Crippen LogP contribution in [0.15, 0.2) is 29.4 Å². The number of carbonyl (C=O) groups excluding carboxylic acids is 2. The van der Waals surface area contributed by atoms with Crippen LogP contribution in [0.4, 0.5) is 0 Å². The van der Waals surface area contributed by atoms with E-state index in [4.69, 9.17) is 10.6 Å². The third-order valence-electron chi connectivity index (χ3n) is 5.37. The van der Waals surface area contributed by atoms with Gasteiger partial charge >= 0.3 is 0 Å².